The number of rotatable bonds is 3. The first-order valence-electron chi connectivity index (χ1n) is 7.31. The highest BCUT2D eigenvalue weighted by atomic mass is 16.1. The molecular formula is C15H16N6O. The van der Waals surface area contributed by atoms with Crippen molar-refractivity contribution in [3.05, 3.63) is 36.0 Å². The Bertz CT molecular complexity index is 831. The number of nitrogens with zero attached hydrogens (tertiary/aromatic N) is 3. The number of amides is 1. The molecule has 0 spiro atoms. The van der Waals surface area contributed by atoms with Gasteiger partial charge in [0.1, 0.15) is 5.82 Å². The largest absolute Gasteiger partial charge is 0.384 e. The summed E-state index contributed by atoms with van der Waals surface area (Å²) in [5.41, 5.74) is 7.89. The molecule has 1 aliphatic carbocycles. The quantitative estimate of drug-likeness (QED) is 0.683. The van der Waals surface area contributed by atoms with Crippen molar-refractivity contribution in [3.63, 3.8) is 0 Å². The van der Waals surface area contributed by atoms with E-state index < -0.39 is 0 Å². The number of aromatic amines is 1. The number of nitrogens with two attached hydrogens (primary N) is 1. The normalized spacial score (nSPS) is 14.9. The van der Waals surface area contributed by atoms with E-state index in [2.05, 4.69) is 20.4 Å². The van der Waals surface area contributed by atoms with Crippen molar-refractivity contribution >= 4 is 17.4 Å². The number of aromatic nitrogens is 4. The van der Waals surface area contributed by atoms with E-state index in [4.69, 9.17) is 5.73 Å². The van der Waals surface area contributed by atoms with Gasteiger partial charge in [-0.05, 0) is 43.5 Å². The second-order valence-corrected chi connectivity index (χ2v) is 5.56. The summed E-state index contributed by atoms with van der Waals surface area (Å²) in [4.78, 5) is 19.7. The van der Waals surface area contributed by atoms with Gasteiger partial charge in [0.05, 0.1) is 5.69 Å². The Morgan fingerprint density at radius 2 is 2.27 bits per heavy atom. The van der Waals surface area contributed by atoms with Gasteiger partial charge in [-0.2, -0.15) is 4.52 Å². The van der Waals surface area contributed by atoms with Crippen molar-refractivity contribution in [3.8, 4) is 11.5 Å². The molecule has 0 atom stereocenters. The molecule has 1 fully saturated rings. The lowest BCUT2D eigenvalue weighted by atomic mass is 9.93. The van der Waals surface area contributed by atoms with Gasteiger partial charge in [0.15, 0.2) is 11.5 Å². The fourth-order valence-corrected chi connectivity index (χ4v) is 2.54. The van der Waals surface area contributed by atoms with Crippen molar-refractivity contribution in [1.82, 2.24) is 24.9 Å². The molecule has 0 aliphatic heterocycles. The highest BCUT2D eigenvalue weighted by molar-refractivity contribution is 5.96. The number of fused-ring (bicyclic) bond motifs is 1. The molecule has 7 nitrogen and oxygen atoms in total. The topological polar surface area (TPSA) is 101 Å². The molecule has 112 valence electrons. The van der Waals surface area contributed by atoms with Crippen molar-refractivity contribution in [2.24, 2.45) is 0 Å². The van der Waals surface area contributed by atoms with E-state index in [9.17, 15) is 4.79 Å². The van der Waals surface area contributed by atoms with E-state index in [1.54, 1.807) is 12.1 Å². The molecule has 3 aromatic heterocycles. The minimum Gasteiger partial charge on any atom is -0.384 e. The van der Waals surface area contributed by atoms with E-state index in [1.807, 2.05) is 18.3 Å². The Balaban J connectivity index is 1.70. The van der Waals surface area contributed by atoms with Gasteiger partial charge >= 0.3 is 0 Å². The van der Waals surface area contributed by atoms with Crippen LogP contribution in [0.25, 0.3) is 17.2 Å². The zero-order valence-corrected chi connectivity index (χ0v) is 11.9. The zero-order valence-electron chi connectivity index (χ0n) is 11.9. The molecule has 0 radical (unpaired) electrons. The standard InChI is InChI=1S/C15H16N6O/c16-12-7-9(15(22)18-10-3-1-4-10)8-13-19-14(20-21(12)13)11-5-2-6-17-11/h2,5-8,10,17H,1,3-4,16H2,(H,18,22). The van der Waals surface area contributed by atoms with Gasteiger partial charge in [-0.15, -0.1) is 5.10 Å². The first-order chi connectivity index (χ1) is 10.7. The number of nitrogens with one attached hydrogen (secondary N) is 2. The van der Waals surface area contributed by atoms with E-state index in [0.29, 0.717) is 22.9 Å². The van der Waals surface area contributed by atoms with E-state index in [0.717, 1.165) is 18.5 Å². The van der Waals surface area contributed by atoms with Crippen LogP contribution in [0.2, 0.25) is 0 Å². The number of pyridine rings is 1. The number of anilines is 1. The van der Waals surface area contributed by atoms with Gasteiger partial charge in [0.2, 0.25) is 0 Å². The van der Waals surface area contributed by atoms with Crippen LogP contribution in [0.15, 0.2) is 30.5 Å². The van der Waals surface area contributed by atoms with Crippen LogP contribution in [-0.4, -0.2) is 31.5 Å². The maximum Gasteiger partial charge on any atom is 0.251 e. The van der Waals surface area contributed by atoms with Gasteiger partial charge in [-0.1, -0.05) is 0 Å². The van der Waals surface area contributed by atoms with Crippen molar-refractivity contribution in [2.75, 3.05) is 5.73 Å². The monoisotopic (exact) mass is 296 g/mol. The second kappa shape index (κ2) is 4.87. The summed E-state index contributed by atoms with van der Waals surface area (Å²) < 4.78 is 1.54. The average Bonchev–Trinajstić information content (AvgIpc) is 3.10. The number of nitrogen functional groups attached to an aromatic ring is 1. The van der Waals surface area contributed by atoms with Gasteiger partial charge in [0, 0.05) is 17.8 Å². The molecule has 4 rings (SSSR count). The number of hydrogen-bond acceptors (Lipinski definition) is 4. The molecule has 0 aromatic carbocycles. The Morgan fingerprint density at radius 3 is 2.95 bits per heavy atom. The third-order valence-electron chi connectivity index (χ3n) is 4.01. The van der Waals surface area contributed by atoms with Crippen LogP contribution < -0.4 is 11.1 Å². The molecular weight excluding hydrogens is 280 g/mol. The van der Waals surface area contributed by atoms with Crippen LogP contribution in [0.5, 0.6) is 0 Å². The number of H-pyrrole nitrogens is 1. The maximum absolute atomic E-state index is 12.2. The lowest BCUT2D eigenvalue weighted by Gasteiger charge is -2.26. The van der Waals surface area contributed by atoms with Crippen LogP contribution in [-0.2, 0) is 0 Å². The zero-order chi connectivity index (χ0) is 15.1. The van der Waals surface area contributed by atoms with Crippen LogP contribution >= 0.6 is 0 Å². The molecule has 1 aliphatic rings. The van der Waals surface area contributed by atoms with E-state index in [1.165, 1.54) is 10.9 Å². The summed E-state index contributed by atoms with van der Waals surface area (Å²) >= 11 is 0. The van der Waals surface area contributed by atoms with E-state index in [-0.39, 0.29) is 11.9 Å². The molecule has 3 heterocycles. The summed E-state index contributed by atoms with van der Waals surface area (Å²) in [6.07, 6.45) is 5.08. The van der Waals surface area contributed by atoms with Crippen LogP contribution in [0.4, 0.5) is 5.82 Å². The van der Waals surface area contributed by atoms with Crippen molar-refractivity contribution < 1.29 is 4.79 Å². The fraction of sp³-hybridized carbons (Fsp3) is 0.267. The second-order valence-electron chi connectivity index (χ2n) is 5.56. The Hall–Kier alpha value is -2.83. The van der Waals surface area contributed by atoms with E-state index >= 15 is 0 Å². The average molecular weight is 296 g/mol. The highest BCUT2D eigenvalue weighted by Gasteiger charge is 2.21. The summed E-state index contributed by atoms with van der Waals surface area (Å²) in [5.74, 6) is 0.832. The third-order valence-corrected chi connectivity index (χ3v) is 4.01. The van der Waals surface area contributed by atoms with Crippen molar-refractivity contribution in [1.29, 1.82) is 0 Å². The molecule has 0 unspecified atom stereocenters. The van der Waals surface area contributed by atoms with Crippen LogP contribution in [0.3, 0.4) is 0 Å². The first kappa shape index (κ1) is 12.9. The van der Waals surface area contributed by atoms with Gasteiger partial charge < -0.3 is 16.0 Å². The molecule has 4 N–H and O–H groups in total. The van der Waals surface area contributed by atoms with Crippen LogP contribution in [0.1, 0.15) is 29.6 Å². The van der Waals surface area contributed by atoms with Crippen molar-refractivity contribution in [2.45, 2.75) is 25.3 Å². The summed E-state index contributed by atoms with van der Waals surface area (Å²) in [7, 11) is 0. The molecule has 1 amide bonds. The predicted octanol–water partition coefficient (Wildman–Crippen LogP) is 1.59. The smallest absolute Gasteiger partial charge is 0.251 e. The maximum atomic E-state index is 12.2. The fourth-order valence-electron chi connectivity index (χ4n) is 2.54. The lowest BCUT2D eigenvalue weighted by molar-refractivity contribution is 0.0917. The SMILES string of the molecule is Nc1cc(C(=O)NC2CCC2)cc2nc(-c3ccc[nH]3)nn12. The Kier molecular flexibility index (Phi) is 2.85. The molecule has 0 saturated heterocycles. The number of hydrogen-bond donors (Lipinski definition) is 3. The Labute approximate surface area is 126 Å². The predicted molar refractivity (Wildman–Crippen MR) is 82.3 cm³/mol. The number of carbonyl (C=O) groups excluding carboxylic acids is 1. The summed E-state index contributed by atoms with van der Waals surface area (Å²) in [5, 5.41) is 7.36. The summed E-state index contributed by atoms with van der Waals surface area (Å²) in [6, 6.07) is 7.40. The molecule has 7 heteroatoms. The lowest BCUT2D eigenvalue weighted by Crippen LogP contribution is -2.39. The minimum absolute atomic E-state index is 0.108. The molecule has 0 bridgehead atoms. The summed E-state index contributed by atoms with van der Waals surface area (Å²) in [6.45, 7) is 0. The van der Waals surface area contributed by atoms with Gasteiger partial charge in [-0.3, -0.25) is 4.79 Å². The third kappa shape index (κ3) is 2.11. The minimum atomic E-state index is -0.108. The highest BCUT2D eigenvalue weighted by Crippen LogP contribution is 2.20. The van der Waals surface area contributed by atoms with Crippen LogP contribution in [0, 0.1) is 0 Å². The first-order valence-corrected chi connectivity index (χ1v) is 7.31. The molecule has 22 heavy (non-hydrogen) atoms. The van der Waals surface area contributed by atoms with Gasteiger partial charge in [0.25, 0.3) is 5.91 Å². The molecule has 3 aromatic rings. The number of carbonyl (C=O) groups is 1. The Morgan fingerprint density at radius 1 is 1.41 bits per heavy atom. The van der Waals surface area contributed by atoms with Gasteiger partial charge in [-0.25, -0.2) is 4.98 Å². The molecule has 1 saturated carbocycles.